The van der Waals surface area contributed by atoms with Crippen molar-refractivity contribution in [1.82, 2.24) is 9.88 Å². The number of nitrogens with one attached hydrogen (secondary N) is 2. The zero-order valence-corrected chi connectivity index (χ0v) is 18.7. The first-order valence-corrected chi connectivity index (χ1v) is 11.3. The molecule has 168 valence electrons. The van der Waals surface area contributed by atoms with Crippen LogP contribution in [-0.4, -0.2) is 40.0 Å². The van der Waals surface area contributed by atoms with Gasteiger partial charge in [0.2, 0.25) is 5.91 Å². The number of hydrogen-bond acceptors (Lipinski definition) is 3. The van der Waals surface area contributed by atoms with Crippen molar-refractivity contribution in [3.8, 4) is 0 Å². The average Bonchev–Trinajstić information content (AvgIpc) is 3.18. The number of carbonyl (C=O) groups excluding carboxylic acids is 1. The predicted molar refractivity (Wildman–Crippen MR) is 127 cm³/mol. The van der Waals surface area contributed by atoms with Crippen molar-refractivity contribution in [3.63, 3.8) is 0 Å². The van der Waals surface area contributed by atoms with Gasteiger partial charge in [-0.05, 0) is 56.0 Å². The summed E-state index contributed by atoms with van der Waals surface area (Å²) < 4.78 is 0. The molecule has 2 aromatic carbocycles. The molecule has 32 heavy (non-hydrogen) atoms. The van der Waals surface area contributed by atoms with E-state index in [0.717, 1.165) is 48.8 Å². The van der Waals surface area contributed by atoms with Crippen LogP contribution < -0.4 is 5.32 Å². The van der Waals surface area contributed by atoms with Gasteiger partial charge >= 0.3 is 5.97 Å². The van der Waals surface area contributed by atoms with Gasteiger partial charge in [0.05, 0.1) is 0 Å². The van der Waals surface area contributed by atoms with Crippen LogP contribution in [0, 0.1) is 11.8 Å². The number of benzene rings is 2. The van der Waals surface area contributed by atoms with Crippen LogP contribution in [0.4, 0.5) is 5.69 Å². The second kappa shape index (κ2) is 9.57. The summed E-state index contributed by atoms with van der Waals surface area (Å²) in [5.74, 6) is -0.396. The Morgan fingerprint density at radius 2 is 1.84 bits per heavy atom. The molecule has 0 saturated carbocycles. The van der Waals surface area contributed by atoms with Gasteiger partial charge in [0.1, 0.15) is 6.04 Å². The second-order valence-corrected chi connectivity index (χ2v) is 9.06. The SMILES string of the molecule is CC(C)C(=O)Nc1ccc2c([C@@H](C(=O)O)N3CCC(Cc4ccccc4)CC3)c[nH]c2c1. The van der Waals surface area contributed by atoms with Gasteiger partial charge in [-0.25, -0.2) is 0 Å². The Hall–Kier alpha value is -3.12. The summed E-state index contributed by atoms with van der Waals surface area (Å²) in [5, 5.41) is 13.9. The maximum absolute atomic E-state index is 12.3. The number of H-pyrrole nitrogens is 1. The predicted octanol–water partition coefficient (Wildman–Crippen LogP) is 4.84. The Kier molecular flexibility index (Phi) is 6.61. The van der Waals surface area contributed by atoms with E-state index in [4.69, 9.17) is 0 Å². The third-order valence-corrected chi connectivity index (χ3v) is 6.42. The smallest absolute Gasteiger partial charge is 0.325 e. The molecule has 4 rings (SSSR count). The number of nitrogens with zero attached hydrogens (tertiary/aromatic N) is 1. The highest BCUT2D eigenvalue weighted by Crippen LogP contribution is 2.33. The molecule has 1 amide bonds. The lowest BCUT2D eigenvalue weighted by Gasteiger charge is -2.35. The van der Waals surface area contributed by atoms with E-state index in [0.29, 0.717) is 11.6 Å². The van der Waals surface area contributed by atoms with Crippen LogP contribution in [0.5, 0.6) is 0 Å². The van der Waals surface area contributed by atoms with Gasteiger partial charge in [-0.2, -0.15) is 0 Å². The molecule has 1 aliphatic rings. The fraction of sp³-hybridized carbons (Fsp3) is 0.385. The Morgan fingerprint density at radius 3 is 2.50 bits per heavy atom. The van der Waals surface area contributed by atoms with Crippen LogP contribution in [0.15, 0.2) is 54.7 Å². The minimum Gasteiger partial charge on any atom is -0.480 e. The lowest BCUT2D eigenvalue weighted by atomic mass is 9.89. The van der Waals surface area contributed by atoms with E-state index in [9.17, 15) is 14.7 Å². The molecule has 0 aliphatic carbocycles. The van der Waals surface area contributed by atoms with E-state index in [1.807, 2.05) is 38.1 Å². The molecule has 1 atom stereocenters. The summed E-state index contributed by atoms with van der Waals surface area (Å²) in [6, 6.07) is 15.4. The lowest BCUT2D eigenvalue weighted by Crippen LogP contribution is -2.40. The number of carbonyl (C=O) groups is 2. The summed E-state index contributed by atoms with van der Waals surface area (Å²) in [5.41, 5.74) is 3.65. The number of likely N-dealkylation sites (tertiary alicyclic amines) is 1. The Bertz CT molecular complexity index is 1080. The molecule has 6 nitrogen and oxygen atoms in total. The number of aromatic amines is 1. The van der Waals surface area contributed by atoms with Gasteiger partial charge in [0, 0.05) is 34.3 Å². The van der Waals surface area contributed by atoms with Crippen LogP contribution in [0.1, 0.15) is 43.9 Å². The molecular formula is C26H31N3O3. The van der Waals surface area contributed by atoms with Crippen molar-refractivity contribution in [2.45, 2.75) is 39.2 Å². The molecule has 1 saturated heterocycles. The minimum atomic E-state index is -0.829. The van der Waals surface area contributed by atoms with Crippen molar-refractivity contribution in [3.05, 3.63) is 65.9 Å². The number of aliphatic carboxylic acids is 1. The van der Waals surface area contributed by atoms with Gasteiger partial charge in [-0.15, -0.1) is 0 Å². The highest BCUT2D eigenvalue weighted by Gasteiger charge is 2.32. The van der Waals surface area contributed by atoms with Gasteiger partial charge < -0.3 is 15.4 Å². The lowest BCUT2D eigenvalue weighted by molar-refractivity contribution is -0.144. The molecule has 1 aliphatic heterocycles. The van der Waals surface area contributed by atoms with Crippen molar-refractivity contribution < 1.29 is 14.7 Å². The first-order chi connectivity index (χ1) is 15.4. The molecule has 0 radical (unpaired) electrons. The summed E-state index contributed by atoms with van der Waals surface area (Å²) in [6.07, 6.45) is 4.83. The molecule has 3 N–H and O–H groups in total. The largest absolute Gasteiger partial charge is 0.480 e. The molecule has 1 aromatic heterocycles. The topological polar surface area (TPSA) is 85.4 Å². The summed E-state index contributed by atoms with van der Waals surface area (Å²) in [7, 11) is 0. The highest BCUT2D eigenvalue weighted by molar-refractivity contribution is 5.96. The van der Waals surface area contributed by atoms with Crippen LogP contribution in [0.3, 0.4) is 0 Å². The first kappa shape index (κ1) is 22.1. The third kappa shape index (κ3) is 4.86. The Balaban J connectivity index is 1.48. The van der Waals surface area contributed by atoms with E-state index in [2.05, 4.69) is 39.5 Å². The van der Waals surface area contributed by atoms with Gasteiger partial charge in [0.25, 0.3) is 0 Å². The molecule has 0 spiro atoms. The monoisotopic (exact) mass is 433 g/mol. The zero-order chi connectivity index (χ0) is 22.7. The summed E-state index contributed by atoms with van der Waals surface area (Å²) in [6.45, 7) is 5.23. The normalized spacial score (nSPS) is 16.3. The molecule has 0 unspecified atom stereocenters. The summed E-state index contributed by atoms with van der Waals surface area (Å²) in [4.78, 5) is 29.6. The number of carboxylic acids is 1. The molecule has 3 aromatic rings. The fourth-order valence-electron chi connectivity index (χ4n) is 4.59. The average molecular weight is 434 g/mol. The number of rotatable bonds is 7. The van der Waals surface area contributed by atoms with Crippen molar-refractivity contribution in [2.24, 2.45) is 11.8 Å². The number of piperidine rings is 1. The minimum absolute atomic E-state index is 0.0436. The van der Waals surface area contributed by atoms with Crippen LogP contribution >= 0.6 is 0 Å². The van der Waals surface area contributed by atoms with Gasteiger partial charge in [-0.3, -0.25) is 14.5 Å². The molecule has 0 bridgehead atoms. The fourth-order valence-corrected chi connectivity index (χ4v) is 4.59. The van der Waals surface area contributed by atoms with E-state index in [1.165, 1.54) is 5.56 Å². The molecule has 6 heteroatoms. The maximum Gasteiger partial charge on any atom is 0.325 e. The Labute approximate surface area is 188 Å². The van der Waals surface area contributed by atoms with Crippen LogP contribution in [0.25, 0.3) is 10.9 Å². The van der Waals surface area contributed by atoms with Crippen molar-refractivity contribution in [2.75, 3.05) is 18.4 Å². The number of hydrogen-bond donors (Lipinski definition) is 3. The first-order valence-electron chi connectivity index (χ1n) is 11.3. The van der Waals surface area contributed by atoms with E-state index in [-0.39, 0.29) is 11.8 Å². The number of anilines is 1. The van der Waals surface area contributed by atoms with Crippen LogP contribution in [-0.2, 0) is 16.0 Å². The van der Waals surface area contributed by atoms with E-state index >= 15 is 0 Å². The number of amides is 1. The van der Waals surface area contributed by atoms with E-state index in [1.54, 1.807) is 6.20 Å². The highest BCUT2D eigenvalue weighted by atomic mass is 16.4. The molecule has 1 fully saturated rings. The van der Waals surface area contributed by atoms with Gasteiger partial charge in [0.15, 0.2) is 0 Å². The number of carboxylic acid groups (broad SMARTS) is 1. The maximum atomic E-state index is 12.3. The third-order valence-electron chi connectivity index (χ3n) is 6.42. The molecule has 2 heterocycles. The van der Waals surface area contributed by atoms with Gasteiger partial charge in [-0.1, -0.05) is 50.2 Å². The van der Waals surface area contributed by atoms with Crippen LogP contribution in [0.2, 0.25) is 0 Å². The quantitative estimate of drug-likeness (QED) is 0.498. The van der Waals surface area contributed by atoms with Crippen molar-refractivity contribution in [1.29, 1.82) is 0 Å². The second-order valence-electron chi connectivity index (χ2n) is 9.06. The van der Waals surface area contributed by atoms with E-state index < -0.39 is 12.0 Å². The standard InChI is InChI=1S/C26H31N3O3/c1-17(2)25(30)28-20-8-9-21-22(16-27-23(21)15-20)24(26(31)32)29-12-10-19(11-13-29)14-18-6-4-3-5-7-18/h3-9,15-17,19,24,27H,10-14H2,1-2H3,(H,28,30)(H,31,32)/t24-/m0/s1. The Morgan fingerprint density at radius 1 is 1.12 bits per heavy atom. The number of aromatic nitrogens is 1. The summed E-state index contributed by atoms with van der Waals surface area (Å²) >= 11 is 0. The zero-order valence-electron chi connectivity index (χ0n) is 18.7. The molecular weight excluding hydrogens is 402 g/mol. The van der Waals surface area contributed by atoms with Crippen molar-refractivity contribution >= 4 is 28.5 Å². The number of fused-ring (bicyclic) bond motifs is 1.